The van der Waals surface area contributed by atoms with Gasteiger partial charge in [0, 0.05) is 6.04 Å². The SMILES string of the molecule is CNC1CCCC(c2ccc(F)c(C(F)(F)F)c2)C1. The van der Waals surface area contributed by atoms with Gasteiger partial charge in [-0.05, 0) is 49.9 Å². The van der Waals surface area contributed by atoms with Crippen molar-refractivity contribution in [1.82, 2.24) is 5.32 Å². The molecule has 0 radical (unpaired) electrons. The van der Waals surface area contributed by atoms with Gasteiger partial charge in [0.1, 0.15) is 5.82 Å². The predicted molar refractivity (Wildman–Crippen MR) is 65.5 cm³/mol. The molecule has 1 aliphatic carbocycles. The fourth-order valence-corrected chi connectivity index (χ4v) is 2.77. The second kappa shape index (κ2) is 5.49. The van der Waals surface area contributed by atoms with Gasteiger partial charge in [-0.1, -0.05) is 12.5 Å². The van der Waals surface area contributed by atoms with Gasteiger partial charge in [0.15, 0.2) is 0 Å². The Morgan fingerprint density at radius 1 is 1.21 bits per heavy atom. The van der Waals surface area contributed by atoms with Crippen molar-refractivity contribution in [1.29, 1.82) is 0 Å². The third kappa shape index (κ3) is 3.26. The Labute approximate surface area is 110 Å². The second-order valence-electron chi connectivity index (χ2n) is 5.09. The molecule has 0 amide bonds. The van der Waals surface area contributed by atoms with Crippen LogP contribution in [0.1, 0.15) is 42.7 Å². The van der Waals surface area contributed by atoms with Crippen molar-refractivity contribution in [2.45, 2.75) is 43.8 Å². The Bertz CT molecular complexity index is 442. The van der Waals surface area contributed by atoms with E-state index >= 15 is 0 Å². The van der Waals surface area contributed by atoms with Gasteiger partial charge in [-0.2, -0.15) is 13.2 Å². The van der Waals surface area contributed by atoms with E-state index < -0.39 is 17.6 Å². The van der Waals surface area contributed by atoms with E-state index in [0.717, 1.165) is 37.8 Å². The van der Waals surface area contributed by atoms with Crippen LogP contribution in [0, 0.1) is 5.82 Å². The lowest BCUT2D eigenvalue weighted by atomic mass is 9.81. The first-order chi connectivity index (χ1) is 8.91. The van der Waals surface area contributed by atoms with Gasteiger partial charge in [0.05, 0.1) is 5.56 Å². The Kier molecular flexibility index (Phi) is 4.13. The average molecular weight is 275 g/mol. The molecule has 1 fully saturated rings. The van der Waals surface area contributed by atoms with Crippen LogP contribution >= 0.6 is 0 Å². The molecule has 1 N–H and O–H groups in total. The van der Waals surface area contributed by atoms with Crippen molar-refractivity contribution < 1.29 is 17.6 Å². The molecule has 5 heteroatoms. The second-order valence-corrected chi connectivity index (χ2v) is 5.09. The fourth-order valence-electron chi connectivity index (χ4n) is 2.77. The van der Waals surface area contributed by atoms with Crippen LogP contribution in [0.5, 0.6) is 0 Å². The van der Waals surface area contributed by atoms with Crippen LogP contribution < -0.4 is 5.32 Å². The van der Waals surface area contributed by atoms with E-state index in [0.29, 0.717) is 11.6 Å². The lowest BCUT2D eigenvalue weighted by Crippen LogP contribution is -2.30. The van der Waals surface area contributed by atoms with E-state index in [1.807, 2.05) is 7.05 Å². The molecule has 19 heavy (non-hydrogen) atoms. The summed E-state index contributed by atoms with van der Waals surface area (Å²) in [5, 5.41) is 3.16. The number of hydrogen-bond donors (Lipinski definition) is 1. The molecule has 0 heterocycles. The standard InChI is InChI=1S/C14H17F4N/c1-19-11-4-2-3-9(7-11)10-5-6-13(15)12(8-10)14(16,17)18/h5-6,8-9,11,19H,2-4,7H2,1H3. The van der Waals surface area contributed by atoms with E-state index in [1.54, 1.807) is 0 Å². The first kappa shape index (κ1) is 14.3. The van der Waals surface area contributed by atoms with Crippen molar-refractivity contribution in [3.05, 3.63) is 35.1 Å². The summed E-state index contributed by atoms with van der Waals surface area (Å²) in [5.41, 5.74) is -0.565. The Balaban J connectivity index is 2.25. The highest BCUT2D eigenvalue weighted by Crippen LogP contribution is 2.37. The van der Waals surface area contributed by atoms with Crippen LogP contribution in [0.3, 0.4) is 0 Å². The molecule has 2 rings (SSSR count). The summed E-state index contributed by atoms with van der Waals surface area (Å²) in [7, 11) is 1.86. The van der Waals surface area contributed by atoms with Gasteiger partial charge in [-0.3, -0.25) is 0 Å². The predicted octanol–water partition coefficient (Wildman–Crippen LogP) is 4.09. The number of rotatable bonds is 2. The molecule has 1 aliphatic rings. The summed E-state index contributed by atoms with van der Waals surface area (Å²) in [5.74, 6) is -1.12. The zero-order valence-corrected chi connectivity index (χ0v) is 10.7. The van der Waals surface area contributed by atoms with E-state index in [1.165, 1.54) is 6.07 Å². The molecule has 0 bridgehead atoms. The molecule has 0 aromatic heterocycles. The minimum atomic E-state index is -4.63. The fraction of sp³-hybridized carbons (Fsp3) is 0.571. The van der Waals surface area contributed by atoms with E-state index in [4.69, 9.17) is 0 Å². The quantitative estimate of drug-likeness (QED) is 0.802. The van der Waals surface area contributed by atoms with Crippen molar-refractivity contribution in [2.24, 2.45) is 0 Å². The maximum absolute atomic E-state index is 13.2. The topological polar surface area (TPSA) is 12.0 Å². The van der Waals surface area contributed by atoms with Gasteiger partial charge < -0.3 is 5.32 Å². The number of benzene rings is 1. The summed E-state index contributed by atoms with van der Waals surface area (Å²) >= 11 is 0. The van der Waals surface area contributed by atoms with Crippen LogP contribution in [0.25, 0.3) is 0 Å². The third-order valence-corrected chi connectivity index (χ3v) is 3.85. The molecular formula is C14H17F4N. The number of alkyl halides is 3. The summed E-state index contributed by atoms with van der Waals surface area (Å²) in [6.07, 6.45) is -0.938. The lowest BCUT2D eigenvalue weighted by Gasteiger charge is -2.29. The van der Waals surface area contributed by atoms with Crippen LogP contribution in [-0.4, -0.2) is 13.1 Å². The van der Waals surface area contributed by atoms with Crippen molar-refractivity contribution in [3.8, 4) is 0 Å². The zero-order valence-electron chi connectivity index (χ0n) is 10.7. The molecule has 2 atom stereocenters. The monoisotopic (exact) mass is 275 g/mol. The molecule has 0 aliphatic heterocycles. The number of hydrogen-bond acceptors (Lipinski definition) is 1. The van der Waals surface area contributed by atoms with Gasteiger partial charge in [-0.25, -0.2) is 4.39 Å². The average Bonchev–Trinajstić information content (AvgIpc) is 2.38. The molecular weight excluding hydrogens is 258 g/mol. The molecule has 1 nitrogen and oxygen atoms in total. The van der Waals surface area contributed by atoms with Crippen LogP contribution in [0.15, 0.2) is 18.2 Å². The normalized spacial score (nSPS) is 24.5. The summed E-state index contributed by atoms with van der Waals surface area (Å²) in [6.45, 7) is 0. The molecule has 0 saturated heterocycles. The van der Waals surface area contributed by atoms with Crippen LogP contribution in [0.2, 0.25) is 0 Å². The first-order valence-electron chi connectivity index (χ1n) is 6.45. The summed E-state index contributed by atoms with van der Waals surface area (Å²) < 4.78 is 51.3. The minimum absolute atomic E-state index is 0.0768. The molecule has 2 unspecified atom stereocenters. The molecule has 1 saturated carbocycles. The van der Waals surface area contributed by atoms with Crippen molar-refractivity contribution >= 4 is 0 Å². The maximum atomic E-state index is 13.2. The van der Waals surface area contributed by atoms with E-state index in [9.17, 15) is 17.6 Å². The molecule has 106 valence electrons. The Hall–Kier alpha value is -1.10. The third-order valence-electron chi connectivity index (χ3n) is 3.85. The van der Waals surface area contributed by atoms with E-state index in [2.05, 4.69) is 5.32 Å². The molecule has 1 aromatic carbocycles. The lowest BCUT2D eigenvalue weighted by molar-refractivity contribution is -0.140. The van der Waals surface area contributed by atoms with Crippen molar-refractivity contribution in [2.75, 3.05) is 7.05 Å². The van der Waals surface area contributed by atoms with Crippen LogP contribution in [0.4, 0.5) is 17.6 Å². The Morgan fingerprint density at radius 3 is 2.58 bits per heavy atom. The smallest absolute Gasteiger partial charge is 0.317 e. The van der Waals surface area contributed by atoms with Gasteiger partial charge in [-0.15, -0.1) is 0 Å². The Morgan fingerprint density at radius 2 is 1.95 bits per heavy atom. The molecule has 0 spiro atoms. The summed E-state index contributed by atoms with van der Waals surface area (Å²) in [6, 6.07) is 3.71. The van der Waals surface area contributed by atoms with E-state index in [-0.39, 0.29) is 5.92 Å². The van der Waals surface area contributed by atoms with Gasteiger partial charge >= 0.3 is 6.18 Å². The number of halogens is 4. The van der Waals surface area contributed by atoms with Gasteiger partial charge in [0.25, 0.3) is 0 Å². The maximum Gasteiger partial charge on any atom is 0.419 e. The highest BCUT2D eigenvalue weighted by atomic mass is 19.4. The van der Waals surface area contributed by atoms with Gasteiger partial charge in [0.2, 0.25) is 0 Å². The highest BCUT2D eigenvalue weighted by molar-refractivity contribution is 5.30. The highest BCUT2D eigenvalue weighted by Gasteiger charge is 2.35. The number of nitrogens with one attached hydrogen (secondary N) is 1. The van der Waals surface area contributed by atoms with Crippen LogP contribution in [-0.2, 0) is 6.18 Å². The van der Waals surface area contributed by atoms with Crippen molar-refractivity contribution in [3.63, 3.8) is 0 Å². The summed E-state index contributed by atoms with van der Waals surface area (Å²) in [4.78, 5) is 0. The first-order valence-corrected chi connectivity index (χ1v) is 6.45. The minimum Gasteiger partial charge on any atom is -0.317 e. The zero-order chi connectivity index (χ0) is 14.0. The largest absolute Gasteiger partial charge is 0.419 e. The molecule has 1 aromatic rings.